The number of aromatic amines is 1. The average Bonchev–Trinajstić information content (AvgIpc) is 3.15. The highest BCUT2D eigenvalue weighted by Crippen LogP contribution is 2.27. The van der Waals surface area contributed by atoms with Gasteiger partial charge in [-0.05, 0) is 24.6 Å². The number of nitrogens with one attached hydrogen (secondary N) is 2. The van der Waals surface area contributed by atoms with Crippen molar-refractivity contribution in [3.05, 3.63) is 60.2 Å². The van der Waals surface area contributed by atoms with E-state index >= 15 is 0 Å². The van der Waals surface area contributed by atoms with Gasteiger partial charge in [-0.15, -0.1) is 5.10 Å². The monoisotopic (exact) mass is 352 g/mol. The van der Waals surface area contributed by atoms with Crippen molar-refractivity contribution >= 4 is 11.9 Å². The Morgan fingerprint density at radius 1 is 1.15 bits per heavy atom. The lowest BCUT2D eigenvalue weighted by molar-refractivity contribution is -0.127. The van der Waals surface area contributed by atoms with Gasteiger partial charge in [-0.2, -0.15) is 4.98 Å². The second-order valence-electron chi connectivity index (χ2n) is 5.64. The first-order chi connectivity index (χ1) is 12.7. The second-order valence-corrected chi connectivity index (χ2v) is 5.64. The lowest BCUT2D eigenvalue weighted by Crippen LogP contribution is -2.28. The first-order valence-corrected chi connectivity index (χ1v) is 8.19. The molecule has 1 aromatic heterocycles. The summed E-state index contributed by atoms with van der Waals surface area (Å²) in [5.41, 5.74) is 1.76. The minimum atomic E-state index is -0.636. The molecule has 0 aliphatic rings. The first-order valence-electron chi connectivity index (χ1n) is 8.19. The zero-order valence-electron chi connectivity index (χ0n) is 14.6. The summed E-state index contributed by atoms with van der Waals surface area (Å²) in [7, 11) is 1.59. The smallest absolute Gasteiger partial charge is 0.255 e. The third kappa shape index (κ3) is 4.25. The van der Waals surface area contributed by atoms with Gasteiger partial charge >= 0.3 is 0 Å². The molecule has 1 atom stereocenters. The van der Waals surface area contributed by atoms with Crippen LogP contribution in [0.5, 0.6) is 5.75 Å². The third-order valence-corrected chi connectivity index (χ3v) is 3.79. The standard InChI is InChI=1S/C19H20N4O3/c1-13(26-12-14-8-4-3-5-9-14)18(24)21-19-20-17(22-23-19)15-10-6-7-11-16(15)25-2/h3-11,13H,12H2,1-2H3,(H2,20,21,22,23,24)/t13-/m1/s1. The Bertz CT molecular complexity index is 864. The molecule has 0 bridgehead atoms. The summed E-state index contributed by atoms with van der Waals surface area (Å²) >= 11 is 0. The van der Waals surface area contributed by atoms with Crippen LogP contribution in [0.2, 0.25) is 0 Å². The van der Waals surface area contributed by atoms with Crippen LogP contribution in [0.25, 0.3) is 11.4 Å². The van der Waals surface area contributed by atoms with E-state index in [1.165, 1.54) is 0 Å². The van der Waals surface area contributed by atoms with Gasteiger partial charge in [0, 0.05) is 0 Å². The zero-order valence-corrected chi connectivity index (χ0v) is 14.6. The van der Waals surface area contributed by atoms with Crippen molar-refractivity contribution < 1.29 is 14.3 Å². The van der Waals surface area contributed by atoms with Gasteiger partial charge in [0.25, 0.3) is 5.91 Å². The number of hydrogen-bond acceptors (Lipinski definition) is 5. The first kappa shape index (κ1) is 17.6. The topological polar surface area (TPSA) is 89.1 Å². The Morgan fingerprint density at radius 2 is 1.88 bits per heavy atom. The highest BCUT2D eigenvalue weighted by Gasteiger charge is 2.17. The summed E-state index contributed by atoms with van der Waals surface area (Å²) in [6.07, 6.45) is -0.636. The number of amides is 1. The quantitative estimate of drug-likeness (QED) is 0.682. The molecule has 26 heavy (non-hydrogen) atoms. The van der Waals surface area contributed by atoms with Crippen molar-refractivity contribution in [3.8, 4) is 17.1 Å². The molecule has 0 aliphatic carbocycles. The molecule has 0 saturated heterocycles. The fraction of sp³-hybridized carbons (Fsp3) is 0.211. The van der Waals surface area contributed by atoms with E-state index in [1.54, 1.807) is 14.0 Å². The number of carbonyl (C=O) groups excluding carboxylic acids is 1. The number of carbonyl (C=O) groups is 1. The van der Waals surface area contributed by atoms with E-state index in [0.29, 0.717) is 18.2 Å². The number of H-pyrrole nitrogens is 1. The number of nitrogens with zero attached hydrogens (tertiary/aromatic N) is 2. The Balaban J connectivity index is 1.60. The van der Waals surface area contributed by atoms with E-state index in [2.05, 4.69) is 20.5 Å². The Morgan fingerprint density at radius 3 is 2.65 bits per heavy atom. The Labute approximate surface area is 151 Å². The van der Waals surface area contributed by atoms with Gasteiger partial charge in [-0.25, -0.2) is 0 Å². The van der Waals surface area contributed by atoms with E-state index in [0.717, 1.165) is 11.1 Å². The number of aromatic nitrogens is 3. The van der Waals surface area contributed by atoms with Gasteiger partial charge in [0.2, 0.25) is 5.95 Å². The molecule has 0 saturated carbocycles. The van der Waals surface area contributed by atoms with E-state index in [1.807, 2.05) is 54.6 Å². The van der Waals surface area contributed by atoms with E-state index < -0.39 is 6.10 Å². The molecule has 7 nitrogen and oxygen atoms in total. The number of ether oxygens (including phenoxy) is 2. The van der Waals surface area contributed by atoms with Crippen molar-refractivity contribution in [2.75, 3.05) is 12.4 Å². The van der Waals surface area contributed by atoms with Crippen molar-refractivity contribution in [1.82, 2.24) is 15.2 Å². The average molecular weight is 352 g/mol. The van der Waals surface area contributed by atoms with Crippen LogP contribution in [0.15, 0.2) is 54.6 Å². The van der Waals surface area contributed by atoms with E-state index in [-0.39, 0.29) is 11.9 Å². The van der Waals surface area contributed by atoms with Gasteiger partial charge in [0.05, 0.1) is 19.3 Å². The number of para-hydroxylation sites is 1. The second kappa shape index (κ2) is 8.26. The third-order valence-electron chi connectivity index (χ3n) is 3.79. The van der Waals surface area contributed by atoms with Gasteiger partial charge < -0.3 is 9.47 Å². The van der Waals surface area contributed by atoms with Crippen molar-refractivity contribution in [1.29, 1.82) is 0 Å². The maximum Gasteiger partial charge on any atom is 0.255 e. The molecular formula is C19H20N4O3. The SMILES string of the molecule is COc1ccccc1-c1nc(NC(=O)[C@@H](C)OCc2ccccc2)n[nH]1. The Kier molecular flexibility index (Phi) is 5.60. The molecule has 3 aromatic rings. The number of methoxy groups -OCH3 is 1. The minimum absolute atomic E-state index is 0.186. The largest absolute Gasteiger partial charge is 0.496 e. The van der Waals surface area contributed by atoms with Gasteiger partial charge in [0.1, 0.15) is 11.9 Å². The van der Waals surface area contributed by atoms with Crippen molar-refractivity contribution in [3.63, 3.8) is 0 Å². The fourth-order valence-electron chi connectivity index (χ4n) is 2.36. The van der Waals surface area contributed by atoms with Crippen molar-refractivity contribution in [2.45, 2.75) is 19.6 Å². The summed E-state index contributed by atoms with van der Waals surface area (Å²) in [4.78, 5) is 16.5. The molecule has 1 heterocycles. The number of hydrogen-bond donors (Lipinski definition) is 2. The minimum Gasteiger partial charge on any atom is -0.496 e. The van der Waals surface area contributed by atoms with Crippen LogP contribution in [0.4, 0.5) is 5.95 Å². The molecule has 3 rings (SSSR count). The van der Waals surface area contributed by atoms with Crippen LogP contribution in [0, 0.1) is 0 Å². The predicted octanol–water partition coefficient (Wildman–Crippen LogP) is 3.02. The molecular weight excluding hydrogens is 332 g/mol. The maximum atomic E-state index is 12.2. The highest BCUT2D eigenvalue weighted by molar-refractivity contribution is 5.92. The van der Waals surface area contributed by atoms with Crippen LogP contribution >= 0.6 is 0 Å². The number of benzene rings is 2. The lowest BCUT2D eigenvalue weighted by Gasteiger charge is -2.11. The van der Waals surface area contributed by atoms with Gasteiger partial charge in [-0.3, -0.25) is 15.2 Å². The number of anilines is 1. The van der Waals surface area contributed by atoms with Gasteiger partial charge in [0.15, 0.2) is 5.82 Å². The Hall–Kier alpha value is -3.19. The number of rotatable bonds is 7. The van der Waals surface area contributed by atoms with Crippen LogP contribution in [0.3, 0.4) is 0 Å². The molecule has 134 valence electrons. The molecule has 1 amide bonds. The van der Waals surface area contributed by atoms with Crippen LogP contribution in [0.1, 0.15) is 12.5 Å². The lowest BCUT2D eigenvalue weighted by atomic mass is 10.2. The van der Waals surface area contributed by atoms with Crippen LogP contribution in [-0.4, -0.2) is 34.3 Å². The van der Waals surface area contributed by atoms with E-state index in [9.17, 15) is 4.79 Å². The molecule has 0 fully saturated rings. The molecule has 0 unspecified atom stereocenters. The van der Waals surface area contributed by atoms with Gasteiger partial charge in [-0.1, -0.05) is 42.5 Å². The molecule has 0 radical (unpaired) electrons. The molecule has 0 aliphatic heterocycles. The summed E-state index contributed by atoms with van der Waals surface area (Å²) in [5, 5.41) is 9.48. The molecule has 2 aromatic carbocycles. The summed E-state index contributed by atoms with van der Waals surface area (Å²) < 4.78 is 10.9. The van der Waals surface area contributed by atoms with Crippen LogP contribution < -0.4 is 10.1 Å². The predicted molar refractivity (Wildman–Crippen MR) is 97.7 cm³/mol. The fourth-order valence-corrected chi connectivity index (χ4v) is 2.36. The van der Waals surface area contributed by atoms with Crippen LogP contribution in [-0.2, 0) is 16.1 Å². The zero-order chi connectivity index (χ0) is 18.4. The maximum absolute atomic E-state index is 12.2. The summed E-state index contributed by atoms with van der Waals surface area (Å²) in [6.45, 7) is 2.04. The molecule has 0 spiro atoms. The molecule has 7 heteroatoms. The molecule has 2 N–H and O–H groups in total. The van der Waals surface area contributed by atoms with Crippen molar-refractivity contribution in [2.24, 2.45) is 0 Å². The highest BCUT2D eigenvalue weighted by atomic mass is 16.5. The normalized spacial score (nSPS) is 11.8. The van der Waals surface area contributed by atoms with E-state index in [4.69, 9.17) is 9.47 Å². The summed E-state index contributed by atoms with van der Waals surface area (Å²) in [5.74, 6) is 1.05. The summed E-state index contributed by atoms with van der Waals surface area (Å²) in [6, 6.07) is 17.1.